The third kappa shape index (κ3) is 3.70. The minimum Gasteiger partial charge on any atom is -0.340 e. The largest absolute Gasteiger partial charge is 0.340 e. The molecule has 2 aromatic carbocycles. The second kappa shape index (κ2) is 8.31. The minimum absolute atomic E-state index is 0.238. The number of sulfonamides is 1. The van der Waals surface area contributed by atoms with Gasteiger partial charge in [0.2, 0.25) is 0 Å². The van der Waals surface area contributed by atoms with Crippen molar-refractivity contribution in [3.05, 3.63) is 94.8 Å². The van der Waals surface area contributed by atoms with Gasteiger partial charge in [0.05, 0.1) is 0 Å². The average molecular weight is 467 g/mol. The molecule has 4 nitrogen and oxygen atoms in total. The van der Waals surface area contributed by atoms with Gasteiger partial charge >= 0.3 is 0 Å². The number of aromatic nitrogens is 1. The summed E-state index contributed by atoms with van der Waals surface area (Å²) in [5, 5.41) is 2.95. The van der Waals surface area contributed by atoms with E-state index in [1.807, 2.05) is 30.3 Å². The fourth-order valence-electron chi connectivity index (χ4n) is 4.45. The highest BCUT2D eigenvalue weighted by Crippen LogP contribution is 2.36. The van der Waals surface area contributed by atoms with Crippen molar-refractivity contribution < 1.29 is 12.8 Å². The highest BCUT2D eigenvalue weighted by atomic mass is 32.2. The van der Waals surface area contributed by atoms with Gasteiger partial charge in [-0.05, 0) is 54.1 Å². The number of nitrogens with zero attached hydrogens (tertiary/aromatic N) is 2. The van der Waals surface area contributed by atoms with Crippen molar-refractivity contribution >= 4 is 37.8 Å². The maximum atomic E-state index is 13.3. The molecule has 0 unspecified atom stereocenters. The SMILES string of the molecule is Cc1c(C2=CCN(S(=O)(=O)c3cccs3)CC2)c2ccccc2n1Cc1ccc(F)cc1. The summed E-state index contributed by atoms with van der Waals surface area (Å²) in [4.78, 5) is 0. The van der Waals surface area contributed by atoms with Crippen LogP contribution < -0.4 is 0 Å². The molecule has 4 aromatic rings. The number of thiophene rings is 1. The van der Waals surface area contributed by atoms with Gasteiger partial charge in [0.15, 0.2) is 0 Å². The predicted molar refractivity (Wildman–Crippen MR) is 128 cm³/mol. The molecule has 0 saturated heterocycles. The Morgan fingerprint density at radius 3 is 2.50 bits per heavy atom. The molecule has 0 spiro atoms. The first-order valence-corrected chi connectivity index (χ1v) is 12.8. The highest BCUT2D eigenvalue weighted by Gasteiger charge is 2.28. The van der Waals surface area contributed by atoms with Crippen molar-refractivity contribution in [2.24, 2.45) is 0 Å². The summed E-state index contributed by atoms with van der Waals surface area (Å²) < 4.78 is 43.3. The van der Waals surface area contributed by atoms with Gasteiger partial charge in [-0.3, -0.25) is 0 Å². The Morgan fingerprint density at radius 2 is 1.81 bits per heavy atom. The van der Waals surface area contributed by atoms with Crippen LogP contribution in [0.3, 0.4) is 0 Å². The molecule has 5 rings (SSSR count). The monoisotopic (exact) mass is 466 g/mol. The van der Waals surface area contributed by atoms with E-state index in [1.165, 1.54) is 34.6 Å². The Balaban J connectivity index is 1.50. The van der Waals surface area contributed by atoms with Crippen LogP contribution in [0.4, 0.5) is 4.39 Å². The van der Waals surface area contributed by atoms with Crippen LogP contribution >= 0.6 is 11.3 Å². The van der Waals surface area contributed by atoms with E-state index in [-0.39, 0.29) is 5.82 Å². The van der Waals surface area contributed by atoms with E-state index in [4.69, 9.17) is 0 Å². The van der Waals surface area contributed by atoms with E-state index in [0.717, 1.165) is 22.2 Å². The zero-order chi connectivity index (χ0) is 22.3. The van der Waals surface area contributed by atoms with E-state index >= 15 is 0 Å². The lowest BCUT2D eigenvalue weighted by Crippen LogP contribution is -2.34. The van der Waals surface area contributed by atoms with Crippen molar-refractivity contribution in [1.29, 1.82) is 0 Å². The van der Waals surface area contributed by atoms with Gasteiger partial charge in [-0.15, -0.1) is 11.3 Å². The van der Waals surface area contributed by atoms with E-state index < -0.39 is 10.0 Å². The maximum Gasteiger partial charge on any atom is 0.252 e. The fraction of sp³-hybridized carbons (Fsp3) is 0.200. The molecule has 1 aliphatic heterocycles. The van der Waals surface area contributed by atoms with Crippen LogP contribution in [0.5, 0.6) is 0 Å². The van der Waals surface area contributed by atoms with E-state index in [0.29, 0.717) is 30.3 Å². The number of halogens is 1. The molecule has 0 bridgehead atoms. The first-order chi connectivity index (χ1) is 15.4. The van der Waals surface area contributed by atoms with Crippen molar-refractivity contribution in [1.82, 2.24) is 8.87 Å². The molecule has 32 heavy (non-hydrogen) atoms. The van der Waals surface area contributed by atoms with Crippen LogP contribution in [0.2, 0.25) is 0 Å². The molecule has 0 N–H and O–H groups in total. The summed E-state index contributed by atoms with van der Waals surface area (Å²) in [5.74, 6) is -0.238. The van der Waals surface area contributed by atoms with Crippen LogP contribution in [-0.4, -0.2) is 30.4 Å². The van der Waals surface area contributed by atoms with Gasteiger partial charge in [0.25, 0.3) is 10.0 Å². The third-order valence-corrected chi connectivity index (χ3v) is 9.31. The molecule has 1 aliphatic rings. The average Bonchev–Trinajstić information content (AvgIpc) is 3.44. The van der Waals surface area contributed by atoms with Crippen LogP contribution in [0, 0.1) is 12.7 Å². The molecular formula is C25H23FN2O2S2. The first-order valence-electron chi connectivity index (χ1n) is 10.5. The Labute approximate surface area is 191 Å². The number of para-hydroxylation sites is 1. The Kier molecular flexibility index (Phi) is 5.49. The molecule has 0 aliphatic carbocycles. The Morgan fingerprint density at radius 1 is 1.03 bits per heavy atom. The summed E-state index contributed by atoms with van der Waals surface area (Å²) in [6.07, 6.45) is 2.71. The molecule has 2 aromatic heterocycles. The smallest absolute Gasteiger partial charge is 0.252 e. The summed E-state index contributed by atoms with van der Waals surface area (Å²) in [5.41, 5.74) is 5.65. The van der Waals surface area contributed by atoms with Gasteiger partial charge in [-0.2, -0.15) is 4.31 Å². The zero-order valence-corrected chi connectivity index (χ0v) is 19.3. The lowest BCUT2D eigenvalue weighted by molar-refractivity contribution is 0.442. The molecule has 3 heterocycles. The van der Waals surface area contributed by atoms with Crippen LogP contribution in [0.15, 0.2) is 76.3 Å². The number of fused-ring (bicyclic) bond motifs is 1. The molecule has 0 fully saturated rings. The van der Waals surface area contributed by atoms with Crippen molar-refractivity contribution in [2.45, 2.75) is 24.1 Å². The normalized spacial score (nSPS) is 15.2. The third-order valence-electron chi connectivity index (χ3n) is 6.07. The standard InChI is InChI=1S/C25H23FN2O2S2/c1-18-25(20-12-14-27(15-13-20)32(29,30)24-7-4-16-31-24)22-5-2-3-6-23(22)28(18)17-19-8-10-21(26)11-9-19/h2-12,16H,13-15,17H2,1H3. The number of hydrogen-bond acceptors (Lipinski definition) is 3. The predicted octanol–water partition coefficient (Wildman–Crippen LogP) is 5.68. The Hall–Kier alpha value is -2.74. The lowest BCUT2D eigenvalue weighted by atomic mass is 9.97. The summed E-state index contributed by atoms with van der Waals surface area (Å²) >= 11 is 1.25. The van der Waals surface area contributed by atoms with Gasteiger partial charge in [-0.25, -0.2) is 12.8 Å². The minimum atomic E-state index is -3.44. The summed E-state index contributed by atoms with van der Waals surface area (Å²) in [6.45, 7) is 3.59. The van der Waals surface area contributed by atoms with E-state index in [9.17, 15) is 12.8 Å². The highest BCUT2D eigenvalue weighted by molar-refractivity contribution is 7.91. The molecule has 0 amide bonds. The molecule has 0 saturated carbocycles. The van der Waals surface area contributed by atoms with Crippen molar-refractivity contribution in [2.75, 3.05) is 13.1 Å². The van der Waals surface area contributed by atoms with Gasteiger partial charge in [-0.1, -0.05) is 42.5 Å². The quantitative estimate of drug-likeness (QED) is 0.380. The second-order valence-corrected chi connectivity index (χ2v) is 11.1. The zero-order valence-electron chi connectivity index (χ0n) is 17.7. The fourth-order valence-corrected chi connectivity index (χ4v) is 6.97. The number of rotatable bonds is 5. The van der Waals surface area contributed by atoms with Crippen molar-refractivity contribution in [3.63, 3.8) is 0 Å². The number of benzene rings is 2. The van der Waals surface area contributed by atoms with Crippen molar-refractivity contribution in [3.8, 4) is 0 Å². The van der Waals surface area contributed by atoms with Gasteiger partial charge < -0.3 is 4.57 Å². The molecular weight excluding hydrogens is 443 g/mol. The first kappa shape index (κ1) is 21.1. The van der Waals surface area contributed by atoms with Gasteiger partial charge in [0.1, 0.15) is 10.0 Å². The number of hydrogen-bond donors (Lipinski definition) is 0. The molecule has 0 radical (unpaired) electrons. The van der Waals surface area contributed by atoms with Gasteiger partial charge in [0, 0.05) is 41.8 Å². The van der Waals surface area contributed by atoms with E-state index in [2.05, 4.69) is 23.6 Å². The van der Waals surface area contributed by atoms with Crippen LogP contribution in [0.25, 0.3) is 16.5 Å². The Bertz CT molecular complexity index is 1400. The molecule has 7 heteroatoms. The van der Waals surface area contributed by atoms with Crippen LogP contribution in [0.1, 0.15) is 23.2 Å². The van der Waals surface area contributed by atoms with Crippen LogP contribution in [-0.2, 0) is 16.6 Å². The maximum absolute atomic E-state index is 13.3. The molecule has 0 atom stereocenters. The summed E-state index contributed by atoms with van der Waals surface area (Å²) in [6, 6.07) is 18.3. The summed E-state index contributed by atoms with van der Waals surface area (Å²) in [7, 11) is -3.44. The van der Waals surface area contributed by atoms with E-state index in [1.54, 1.807) is 21.8 Å². The second-order valence-electron chi connectivity index (χ2n) is 7.96. The topological polar surface area (TPSA) is 42.3 Å². The lowest BCUT2D eigenvalue weighted by Gasteiger charge is -2.25. The molecule has 164 valence electrons.